The number of hydrogen-bond acceptors (Lipinski definition) is 4. The zero-order chi connectivity index (χ0) is 20.4. The molecule has 0 heterocycles. The number of benzene rings is 2. The first-order valence-electron chi connectivity index (χ1n) is 8.94. The molecule has 28 heavy (non-hydrogen) atoms. The molecule has 2 aromatic carbocycles. The van der Waals surface area contributed by atoms with Crippen LogP contribution in [0.2, 0.25) is 0 Å². The fourth-order valence-electron chi connectivity index (χ4n) is 2.56. The lowest BCUT2D eigenvalue weighted by atomic mass is 10.1. The second-order valence-corrected chi connectivity index (χ2v) is 6.13. The van der Waals surface area contributed by atoms with Gasteiger partial charge in [0.1, 0.15) is 11.6 Å². The summed E-state index contributed by atoms with van der Waals surface area (Å²) in [5, 5.41) is 0. The van der Waals surface area contributed by atoms with E-state index in [9.17, 15) is 14.0 Å². The van der Waals surface area contributed by atoms with Crippen LogP contribution >= 0.6 is 0 Å². The van der Waals surface area contributed by atoms with E-state index in [1.54, 1.807) is 30.2 Å². The van der Waals surface area contributed by atoms with Crippen molar-refractivity contribution in [2.75, 3.05) is 27.3 Å². The molecule has 0 saturated carbocycles. The molecule has 0 saturated heterocycles. The minimum Gasteiger partial charge on any atom is -0.497 e. The van der Waals surface area contributed by atoms with Crippen LogP contribution in [0.4, 0.5) is 4.39 Å². The molecule has 5 nitrogen and oxygen atoms in total. The number of hydrogen-bond donors (Lipinski definition) is 0. The SMILES string of the molecule is COC(=O)CCN(CCc1ccc(OC)cc1)C(=O)/C=C/c1ccc(F)cc1. The van der Waals surface area contributed by atoms with E-state index >= 15 is 0 Å². The fraction of sp³-hybridized carbons (Fsp3) is 0.273. The van der Waals surface area contributed by atoms with Gasteiger partial charge in [0, 0.05) is 19.2 Å². The first-order chi connectivity index (χ1) is 13.5. The Hall–Kier alpha value is -3.15. The van der Waals surface area contributed by atoms with Crippen LogP contribution in [0.5, 0.6) is 5.75 Å². The second kappa shape index (κ2) is 10.9. The number of rotatable bonds is 9. The van der Waals surface area contributed by atoms with Gasteiger partial charge >= 0.3 is 5.97 Å². The molecule has 0 N–H and O–H groups in total. The quantitative estimate of drug-likeness (QED) is 0.490. The van der Waals surface area contributed by atoms with E-state index in [0.29, 0.717) is 13.0 Å². The van der Waals surface area contributed by atoms with E-state index in [1.165, 1.54) is 25.3 Å². The Morgan fingerprint density at radius 3 is 2.29 bits per heavy atom. The van der Waals surface area contributed by atoms with Gasteiger partial charge in [-0.05, 0) is 47.9 Å². The minimum absolute atomic E-state index is 0.120. The Kier molecular flexibility index (Phi) is 8.21. The molecule has 0 aromatic heterocycles. The summed E-state index contributed by atoms with van der Waals surface area (Å²) in [5.41, 5.74) is 1.78. The molecule has 6 heteroatoms. The molecule has 0 unspecified atom stereocenters. The summed E-state index contributed by atoms with van der Waals surface area (Å²) in [4.78, 5) is 25.7. The summed E-state index contributed by atoms with van der Waals surface area (Å²) in [5.74, 6) is -0.154. The standard InChI is InChI=1S/C22H24FNO4/c1-27-20-10-5-18(6-11-20)13-15-24(16-14-22(26)28-2)21(25)12-7-17-3-8-19(23)9-4-17/h3-12H,13-16H2,1-2H3/b12-7+. The number of ether oxygens (including phenoxy) is 2. The predicted molar refractivity (Wildman–Crippen MR) is 105 cm³/mol. The highest BCUT2D eigenvalue weighted by molar-refractivity contribution is 5.92. The summed E-state index contributed by atoms with van der Waals surface area (Å²) >= 11 is 0. The summed E-state index contributed by atoms with van der Waals surface area (Å²) < 4.78 is 22.8. The van der Waals surface area contributed by atoms with E-state index < -0.39 is 0 Å². The molecular formula is C22H24FNO4. The molecule has 1 amide bonds. The van der Waals surface area contributed by atoms with Gasteiger partial charge < -0.3 is 14.4 Å². The number of carbonyl (C=O) groups excluding carboxylic acids is 2. The van der Waals surface area contributed by atoms with Gasteiger partial charge in [0.05, 0.1) is 20.6 Å². The van der Waals surface area contributed by atoms with E-state index in [0.717, 1.165) is 16.9 Å². The summed E-state index contributed by atoms with van der Waals surface area (Å²) in [6, 6.07) is 13.5. The molecule has 0 aliphatic rings. The highest BCUT2D eigenvalue weighted by Crippen LogP contribution is 2.12. The Balaban J connectivity index is 2.02. The average Bonchev–Trinajstić information content (AvgIpc) is 2.73. The summed E-state index contributed by atoms with van der Waals surface area (Å²) in [7, 11) is 2.93. The molecule has 0 radical (unpaired) electrons. The lowest BCUT2D eigenvalue weighted by Crippen LogP contribution is -2.33. The van der Waals surface area contributed by atoms with Crippen molar-refractivity contribution < 1.29 is 23.5 Å². The smallest absolute Gasteiger partial charge is 0.307 e. The number of nitrogens with zero attached hydrogens (tertiary/aromatic N) is 1. The second-order valence-electron chi connectivity index (χ2n) is 6.13. The van der Waals surface area contributed by atoms with Gasteiger partial charge in [-0.25, -0.2) is 4.39 Å². The Morgan fingerprint density at radius 2 is 1.68 bits per heavy atom. The zero-order valence-corrected chi connectivity index (χ0v) is 16.1. The van der Waals surface area contributed by atoms with Crippen LogP contribution in [0, 0.1) is 5.82 Å². The van der Waals surface area contributed by atoms with Gasteiger partial charge in [-0.2, -0.15) is 0 Å². The topological polar surface area (TPSA) is 55.8 Å². The molecule has 0 bridgehead atoms. The van der Waals surface area contributed by atoms with Gasteiger partial charge in [-0.15, -0.1) is 0 Å². The zero-order valence-electron chi connectivity index (χ0n) is 16.1. The van der Waals surface area contributed by atoms with Crippen LogP contribution < -0.4 is 4.74 Å². The maximum Gasteiger partial charge on any atom is 0.307 e. The average molecular weight is 385 g/mol. The molecule has 0 fully saturated rings. The van der Waals surface area contributed by atoms with Crippen LogP contribution in [-0.2, 0) is 20.7 Å². The van der Waals surface area contributed by atoms with Crippen molar-refractivity contribution in [3.8, 4) is 5.75 Å². The van der Waals surface area contributed by atoms with Gasteiger partial charge in [-0.3, -0.25) is 9.59 Å². The predicted octanol–water partition coefficient (Wildman–Crippen LogP) is 3.48. The third-order valence-electron chi connectivity index (χ3n) is 4.24. The van der Waals surface area contributed by atoms with Crippen molar-refractivity contribution in [2.24, 2.45) is 0 Å². The van der Waals surface area contributed by atoms with Gasteiger partial charge in [0.25, 0.3) is 0 Å². The number of halogens is 1. The number of amides is 1. The van der Waals surface area contributed by atoms with Crippen LogP contribution in [-0.4, -0.2) is 44.1 Å². The monoisotopic (exact) mass is 385 g/mol. The first-order valence-corrected chi connectivity index (χ1v) is 8.94. The summed E-state index contributed by atoms with van der Waals surface area (Å²) in [6.07, 6.45) is 3.81. The molecule has 2 rings (SSSR count). The third-order valence-corrected chi connectivity index (χ3v) is 4.24. The van der Waals surface area contributed by atoms with E-state index in [-0.39, 0.29) is 30.7 Å². The largest absolute Gasteiger partial charge is 0.497 e. The van der Waals surface area contributed by atoms with Gasteiger partial charge in [-0.1, -0.05) is 24.3 Å². The maximum absolute atomic E-state index is 13.0. The molecule has 148 valence electrons. The van der Waals surface area contributed by atoms with Crippen molar-refractivity contribution in [3.63, 3.8) is 0 Å². The van der Waals surface area contributed by atoms with Crippen LogP contribution in [0.15, 0.2) is 54.6 Å². The molecule has 2 aromatic rings. The number of methoxy groups -OCH3 is 2. The summed E-state index contributed by atoms with van der Waals surface area (Å²) in [6.45, 7) is 0.714. The van der Waals surface area contributed by atoms with Gasteiger partial charge in [0.2, 0.25) is 5.91 Å². The number of esters is 1. The van der Waals surface area contributed by atoms with Crippen LogP contribution in [0.1, 0.15) is 17.5 Å². The van der Waals surface area contributed by atoms with Crippen molar-refractivity contribution in [1.29, 1.82) is 0 Å². The van der Waals surface area contributed by atoms with Crippen molar-refractivity contribution in [1.82, 2.24) is 4.90 Å². The van der Waals surface area contributed by atoms with Crippen LogP contribution in [0.25, 0.3) is 6.08 Å². The van der Waals surface area contributed by atoms with Crippen molar-refractivity contribution in [2.45, 2.75) is 12.8 Å². The Labute approximate surface area is 164 Å². The minimum atomic E-state index is -0.371. The lowest BCUT2D eigenvalue weighted by Gasteiger charge is -2.21. The van der Waals surface area contributed by atoms with Gasteiger partial charge in [0.15, 0.2) is 0 Å². The van der Waals surface area contributed by atoms with Crippen molar-refractivity contribution in [3.05, 3.63) is 71.6 Å². The van der Waals surface area contributed by atoms with E-state index in [2.05, 4.69) is 4.74 Å². The highest BCUT2D eigenvalue weighted by Gasteiger charge is 2.13. The van der Waals surface area contributed by atoms with E-state index in [1.807, 2.05) is 24.3 Å². The maximum atomic E-state index is 13.0. The fourth-order valence-corrected chi connectivity index (χ4v) is 2.56. The third kappa shape index (κ3) is 6.87. The number of carbonyl (C=O) groups is 2. The lowest BCUT2D eigenvalue weighted by molar-refractivity contribution is -0.141. The molecule has 0 atom stereocenters. The Morgan fingerprint density at radius 1 is 1.00 bits per heavy atom. The van der Waals surface area contributed by atoms with Crippen LogP contribution in [0.3, 0.4) is 0 Å². The molecule has 0 aliphatic carbocycles. The van der Waals surface area contributed by atoms with Crippen molar-refractivity contribution >= 4 is 18.0 Å². The Bertz CT molecular complexity index is 800. The van der Waals surface area contributed by atoms with E-state index in [4.69, 9.17) is 4.74 Å². The molecular weight excluding hydrogens is 361 g/mol. The first kappa shape index (κ1) is 21.2. The molecule has 0 spiro atoms. The molecule has 0 aliphatic heterocycles. The highest BCUT2D eigenvalue weighted by atomic mass is 19.1. The normalized spacial score (nSPS) is 10.7.